The fourth-order valence-electron chi connectivity index (χ4n) is 2.08. The van der Waals surface area contributed by atoms with Crippen molar-refractivity contribution in [2.45, 2.75) is 32.7 Å². The van der Waals surface area contributed by atoms with Crippen LogP contribution in [-0.2, 0) is 0 Å². The molecule has 0 bridgehead atoms. The molecule has 0 fully saturated rings. The molecular formula is C18H21FN2O2. The molecule has 0 unspecified atom stereocenters. The minimum Gasteiger partial charge on any atom is -0.494 e. The number of carbonyl (C=O) groups excluding carboxylic acids is 1. The van der Waals surface area contributed by atoms with Crippen LogP contribution in [0.5, 0.6) is 5.75 Å². The molecule has 2 rings (SSSR count). The Morgan fingerprint density at radius 3 is 2.65 bits per heavy atom. The summed E-state index contributed by atoms with van der Waals surface area (Å²) in [6, 6.07) is 11.5. The van der Waals surface area contributed by atoms with E-state index in [1.54, 1.807) is 22.9 Å². The predicted molar refractivity (Wildman–Crippen MR) is 86.9 cm³/mol. The standard InChI is InChI=1S/C18H21FN2O2/c1-14(2)20-17-6-3-4-12-21(17)18(22)7-5-13-23-16-10-8-15(19)9-11-16/h3-4,6,8-12,14H,5,7,13H2,1-2H3. The molecule has 1 heterocycles. The van der Waals surface area contributed by atoms with Crippen molar-refractivity contribution in [2.75, 3.05) is 6.61 Å². The van der Waals surface area contributed by atoms with Crippen molar-refractivity contribution in [2.24, 2.45) is 4.99 Å². The number of hydrogen-bond acceptors (Lipinski definition) is 3. The van der Waals surface area contributed by atoms with Gasteiger partial charge in [0.25, 0.3) is 0 Å². The van der Waals surface area contributed by atoms with Crippen LogP contribution in [0.4, 0.5) is 4.39 Å². The van der Waals surface area contributed by atoms with Gasteiger partial charge in [-0.1, -0.05) is 6.07 Å². The molecule has 0 aliphatic heterocycles. The predicted octanol–water partition coefficient (Wildman–Crippen LogP) is 3.44. The Bertz CT molecular complexity index is 705. The lowest BCUT2D eigenvalue weighted by molar-refractivity contribution is 0.0887. The quantitative estimate of drug-likeness (QED) is 0.766. The van der Waals surface area contributed by atoms with Gasteiger partial charge in [0.15, 0.2) is 0 Å². The Kier molecular flexibility index (Phi) is 6.09. The van der Waals surface area contributed by atoms with Gasteiger partial charge in [-0.25, -0.2) is 4.39 Å². The van der Waals surface area contributed by atoms with Crippen LogP contribution in [0.15, 0.2) is 53.7 Å². The van der Waals surface area contributed by atoms with Gasteiger partial charge in [-0.3, -0.25) is 14.4 Å². The Morgan fingerprint density at radius 1 is 1.22 bits per heavy atom. The van der Waals surface area contributed by atoms with E-state index in [-0.39, 0.29) is 17.8 Å². The highest BCUT2D eigenvalue weighted by molar-refractivity contribution is 5.78. The maximum atomic E-state index is 12.8. The van der Waals surface area contributed by atoms with Crippen molar-refractivity contribution < 1.29 is 13.9 Å². The Balaban J connectivity index is 1.89. The molecule has 5 heteroatoms. The first kappa shape index (κ1) is 16.9. The third-order valence-corrected chi connectivity index (χ3v) is 3.11. The monoisotopic (exact) mass is 316 g/mol. The molecule has 1 aromatic carbocycles. The van der Waals surface area contributed by atoms with Crippen LogP contribution in [-0.4, -0.2) is 23.1 Å². The van der Waals surface area contributed by atoms with Crippen LogP contribution in [0, 0.1) is 5.82 Å². The summed E-state index contributed by atoms with van der Waals surface area (Å²) >= 11 is 0. The normalized spacial score (nSPS) is 11.7. The summed E-state index contributed by atoms with van der Waals surface area (Å²) in [5, 5.41) is 0. The molecule has 1 aromatic heterocycles. The summed E-state index contributed by atoms with van der Waals surface area (Å²) in [6.45, 7) is 4.35. The van der Waals surface area contributed by atoms with E-state index in [1.807, 2.05) is 32.0 Å². The van der Waals surface area contributed by atoms with Gasteiger partial charge in [0.05, 0.1) is 6.61 Å². The highest BCUT2D eigenvalue weighted by atomic mass is 19.1. The lowest BCUT2D eigenvalue weighted by Crippen LogP contribution is -2.27. The number of hydrogen-bond donors (Lipinski definition) is 0. The van der Waals surface area contributed by atoms with Gasteiger partial charge in [-0.15, -0.1) is 0 Å². The van der Waals surface area contributed by atoms with Crippen LogP contribution in [0.2, 0.25) is 0 Å². The Morgan fingerprint density at radius 2 is 1.96 bits per heavy atom. The van der Waals surface area contributed by atoms with E-state index >= 15 is 0 Å². The SMILES string of the molecule is CC(C)N=c1ccccn1C(=O)CCCOc1ccc(F)cc1. The van der Waals surface area contributed by atoms with Crippen molar-refractivity contribution >= 4 is 5.91 Å². The summed E-state index contributed by atoms with van der Waals surface area (Å²) in [6.07, 6.45) is 2.67. The summed E-state index contributed by atoms with van der Waals surface area (Å²) in [4.78, 5) is 16.7. The van der Waals surface area contributed by atoms with Gasteiger partial charge >= 0.3 is 0 Å². The Hall–Kier alpha value is -2.43. The minimum absolute atomic E-state index is 0.0206. The van der Waals surface area contributed by atoms with Gasteiger partial charge in [0, 0.05) is 18.7 Å². The first-order valence-electron chi connectivity index (χ1n) is 7.69. The molecule has 0 N–H and O–H groups in total. The topological polar surface area (TPSA) is 43.6 Å². The zero-order chi connectivity index (χ0) is 16.7. The highest BCUT2D eigenvalue weighted by Crippen LogP contribution is 2.11. The van der Waals surface area contributed by atoms with E-state index in [1.165, 1.54) is 12.1 Å². The Labute approximate surface area is 135 Å². The summed E-state index contributed by atoms with van der Waals surface area (Å²) in [5.41, 5.74) is 0.659. The molecule has 122 valence electrons. The molecule has 0 atom stereocenters. The molecule has 23 heavy (non-hydrogen) atoms. The maximum Gasteiger partial charge on any atom is 0.232 e. The fourth-order valence-corrected chi connectivity index (χ4v) is 2.08. The maximum absolute atomic E-state index is 12.8. The fraction of sp³-hybridized carbons (Fsp3) is 0.333. The number of carbonyl (C=O) groups is 1. The van der Waals surface area contributed by atoms with Crippen LogP contribution in [0.1, 0.15) is 31.5 Å². The first-order valence-corrected chi connectivity index (χ1v) is 7.69. The molecule has 4 nitrogen and oxygen atoms in total. The number of halogens is 1. The van der Waals surface area contributed by atoms with Gasteiger partial charge in [-0.05, 0) is 56.7 Å². The molecule has 0 spiro atoms. The summed E-state index contributed by atoms with van der Waals surface area (Å²) < 4.78 is 19.8. The molecule has 0 saturated heterocycles. The summed E-state index contributed by atoms with van der Waals surface area (Å²) in [5.74, 6) is 0.281. The van der Waals surface area contributed by atoms with Crippen LogP contribution in [0.3, 0.4) is 0 Å². The van der Waals surface area contributed by atoms with Crippen molar-refractivity contribution in [1.82, 2.24) is 4.57 Å². The zero-order valence-corrected chi connectivity index (χ0v) is 13.4. The number of rotatable bonds is 6. The highest BCUT2D eigenvalue weighted by Gasteiger charge is 2.06. The lowest BCUT2D eigenvalue weighted by atomic mass is 10.3. The first-order chi connectivity index (χ1) is 11.1. The minimum atomic E-state index is -0.297. The van der Waals surface area contributed by atoms with Gasteiger partial charge in [-0.2, -0.15) is 0 Å². The number of aromatic nitrogens is 1. The number of pyridine rings is 1. The molecular weight excluding hydrogens is 295 g/mol. The average Bonchev–Trinajstić information content (AvgIpc) is 2.53. The third kappa shape index (κ3) is 5.36. The molecule has 0 aliphatic rings. The van der Waals surface area contributed by atoms with E-state index < -0.39 is 0 Å². The number of nitrogens with zero attached hydrogens (tertiary/aromatic N) is 2. The lowest BCUT2D eigenvalue weighted by Gasteiger charge is -2.08. The smallest absolute Gasteiger partial charge is 0.232 e. The van der Waals surface area contributed by atoms with Crippen molar-refractivity contribution in [3.8, 4) is 5.75 Å². The van der Waals surface area contributed by atoms with E-state index in [2.05, 4.69) is 4.99 Å². The second-order valence-corrected chi connectivity index (χ2v) is 5.45. The molecule has 0 aliphatic carbocycles. The van der Waals surface area contributed by atoms with Crippen molar-refractivity contribution in [1.29, 1.82) is 0 Å². The van der Waals surface area contributed by atoms with E-state index in [0.29, 0.717) is 30.7 Å². The number of benzene rings is 1. The molecule has 2 aromatic rings. The van der Waals surface area contributed by atoms with Crippen molar-refractivity contribution in [3.05, 3.63) is 60.0 Å². The largest absolute Gasteiger partial charge is 0.494 e. The third-order valence-electron chi connectivity index (χ3n) is 3.11. The second-order valence-electron chi connectivity index (χ2n) is 5.45. The summed E-state index contributed by atoms with van der Waals surface area (Å²) in [7, 11) is 0. The van der Waals surface area contributed by atoms with Gasteiger partial charge in [0.2, 0.25) is 5.91 Å². The van der Waals surface area contributed by atoms with Gasteiger partial charge < -0.3 is 4.74 Å². The molecule has 0 radical (unpaired) electrons. The van der Waals surface area contributed by atoms with Gasteiger partial charge in [0.1, 0.15) is 17.1 Å². The van der Waals surface area contributed by atoms with Crippen molar-refractivity contribution in [3.63, 3.8) is 0 Å². The van der Waals surface area contributed by atoms with E-state index in [4.69, 9.17) is 4.74 Å². The number of ether oxygens (including phenoxy) is 1. The average molecular weight is 316 g/mol. The van der Waals surface area contributed by atoms with Crippen LogP contribution < -0.4 is 10.2 Å². The zero-order valence-electron chi connectivity index (χ0n) is 13.4. The van der Waals surface area contributed by atoms with Crippen LogP contribution in [0.25, 0.3) is 0 Å². The van der Waals surface area contributed by atoms with E-state index in [0.717, 1.165) is 0 Å². The molecule has 0 saturated carbocycles. The van der Waals surface area contributed by atoms with E-state index in [9.17, 15) is 9.18 Å². The van der Waals surface area contributed by atoms with Crippen LogP contribution >= 0.6 is 0 Å². The molecule has 0 amide bonds. The second kappa shape index (κ2) is 8.27.